The van der Waals surface area contributed by atoms with E-state index in [1.54, 1.807) is 7.11 Å². The third-order valence-corrected chi connectivity index (χ3v) is 4.15. The molecule has 2 rings (SSSR count). The van der Waals surface area contributed by atoms with E-state index in [1.807, 2.05) is 24.3 Å². The molecule has 0 bridgehead atoms. The van der Waals surface area contributed by atoms with E-state index in [4.69, 9.17) is 4.74 Å². The number of para-hydroxylation sites is 1. The molecule has 1 amide bonds. The summed E-state index contributed by atoms with van der Waals surface area (Å²) in [6.45, 7) is 4.54. The highest BCUT2D eigenvalue weighted by Gasteiger charge is 2.31. The average Bonchev–Trinajstić information content (AvgIpc) is 2.76. The fraction of sp³-hybridized carbons (Fsp3) is 0.588. The van der Waals surface area contributed by atoms with Crippen molar-refractivity contribution >= 4 is 5.91 Å². The summed E-state index contributed by atoms with van der Waals surface area (Å²) in [5, 5.41) is 3.16. The van der Waals surface area contributed by atoms with Crippen LogP contribution in [-0.2, 0) is 11.2 Å². The Balaban J connectivity index is 1.81. The molecule has 0 aromatic heterocycles. The van der Waals surface area contributed by atoms with Crippen molar-refractivity contribution in [2.24, 2.45) is 5.41 Å². The molecule has 1 aromatic carbocycles. The van der Waals surface area contributed by atoms with Crippen LogP contribution in [0.5, 0.6) is 5.75 Å². The molecule has 1 atom stereocenters. The second kappa shape index (κ2) is 6.29. The van der Waals surface area contributed by atoms with E-state index in [2.05, 4.69) is 19.2 Å². The van der Waals surface area contributed by atoms with Crippen molar-refractivity contribution in [3.05, 3.63) is 29.8 Å². The highest BCUT2D eigenvalue weighted by Crippen LogP contribution is 2.36. The Labute approximate surface area is 121 Å². The Kier molecular flexibility index (Phi) is 4.69. The SMILES string of the molecule is COc1ccccc1CCC(=O)NC1CCC(C)(C)C1. The van der Waals surface area contributed by atoms with Crippen LogP contribution in [0.15, 0.2) is 24.3 Å². The van der Waals surface area contributed by atoms with Gasteiger partial charge in [-0.05, 0) is 42.7 Å². The standard InChI is InChI=1S/C17H25NO2/c1-17(2)11-10-14(12-17)18-16(19)9-8-13-6-4-5-7-15(13)20-3/h4-7,14H,8-12H2,1-3H3,(H,18,19). The highest BCUT2D eigenvalue weighted by molar-refractivity contribution is 5.76. The maximum atomic E-state index is 12.0. The first-order valence-electron chi connectivity index (χ1n) is 7.41. The summed E-state index contributed by atoms with van der Waals surface area (Å²) in [6, 6.07) is 8.24. The molecule has 1 N–H and O–H groups in total. The van der Waals surface area contributed by atoms with Gasteiger partial charge in [0.05, 0.1) is 7.11 Å². The molecular weight excluding hydrogens is 250 g/mol. The van der Waals surface area contributed by atoms with Gasteiger partial charge in [0.2, 0.25) is 5.91 Å². The monoisotopic (exact) mass is 275 g/mol. The Morgan fingerprint density at radius 2 is 2.15 bits per heavy atom. The van der Waals surface area contributed by atoms with Crippen LogP contribution >= 0.6 is 0 Å². The fourth-order valence-electron chi connectivity index (χ4n) is 3.02. The highest BCUT2D eigenvalue weighted by atomic mass is 16.5. The number of methoxy groups -OCH3 is 1. The first-order chi connectivity index (χ1) is 9.50. The van der Waals surface area contributed by atoms with Gasteiger partial charge >= 0.3 is 0 Å². The van der Waals surface area contributed by atoms with Crippen molar-refractivity contribution < 1.29 is 9.53 Å². The number of hydrogen-bond donors (Lipinski definition) is 1. The van der Waals surface area contributed by atoms with Crippen molar-refractivity contribution in [3.8, 4) is 5.75 Å². The first kappa shape index (κ1) is 14.9. The second-order valence-electron chi connectivity index (χ2n) is 6.48. The van der Waals surface area contributed by atoms with Gasteiger partial charge in [-0.15, -0.1) is 0 Å². The molecule has 1 aromatic rings. The zero-order valence-electron chi connectivity index (χ0n) is 12.7. The molecule has 1 aliphatic rings. The molecule has 1 unspecified atom stereocenters. The van der Waals surface area contributed by atoms with Crippen molar-refractivity contribution in [3.63, 3.8) is 0 Å². The van der Waals surface area contributed by atoms with Crippen LogP contribution < -0.4 is 10.1 Å². The molecule has 3 heteroatoms. The molecule has 110 valence electrons. The van der Waals surface area contributed by atoms with Gasteiger partial charge in [-0.2, -0.15) is 0 Å². The van der Waals surface area contributed by atoms with Crippen LogP contribution in [0.25, 0.3) is 0 Å². The minimum absolute atomic E-state index is 0.151. The van der Waals surface area contributed by atoms with Crippen molar-refractivity contribution in [1.82, 2.24) is 5.32 Å². The van der Waals surface area contributed by atoms with Crippen LogP contribution in [0, 0.1) is 5.41 Å². The Bertz CT molecular complexity index is 468. The summed E-state index contributed by atoms with van der Waals surface area (Å²) in [5.41, 5.74) is 1.47. The maximum Gasteiger partial charge on any atom is 0.220 e. The van der Waals surface area contributed by atoms with Gasteiger partial charge in [-0.1, -0.05) is 32.0 Å². The number of rotatable bonds is 5. The van der Waals surface area contributed by atoms with E-state index in [1.165, 1.54) is 6.42 Å². The summed E-state index contributed by atoms with van der Waals surface area (Å²) in [5.74, 6) is 1.01. The van der Waals surface area contributed by atoms with Crippen LogP contribution in [-0.4, -0.2) is 19.1 Å². The lowest BCUT2D eigenvalue weighted by Gasteiger charge is -2.18. The predicted molar refractivity (Wildman–Crippen MR) is 80.9 cm³/mol. The first-order valence-corrected chi connectivity index (χ1v) is 7.41. The lowest BCUT2D eigenvalue weighted by molar-refractivity contribution is -0.121. The topological polar surface area (TPSA) is 38.3 Å². The van der Waals surface area contributed by atoms with Gasteiger partial charge in [-0.3, -0.25) is 4.79 Å². The summed E-state index contributed by atoms with van der Waals surface area (Å²) in [4.78, 5) is 12.0. The Morgan fingerprint density at radius 3 is 2.80 bits per heavy atom. The fourth-order valence-corrected chi connectivity index (χ4v) is 3.02. The van der Waals surface area contributed by atoms with Gasteiger partial charge in [0.25, 0.3) is 0 Å². The molecule has 0 aliphatic heterocycles. The number of hydrogen-bond acceptors (Lipinski definition) is 2. The Hall–Kier alpha value is -1.51. The summed E-state index contributed by atoms with van der Waals surface area (Å²) in [6.07, 6.45) is 4.65. The molecule has 1 fully saturated rings. The van der Waals surface area contributed by atoms with E-state index in [9.17, 15) is 4.79 Å². The number of carbonyl (C=O) groups excluding carboxylic acids is 1. The summed E-state index contributed by atoms with van der Waals surface area (Å²) in [7, 11) is 1.67. The summed E-state index contributed by atoms with van der Waals surface area (Å²) < 4.78 is 5.31. The third kappa shape index (κ3) is 3.99. The van der Waals surface area contributed by atoms with Crippen LogP contribution in [0.3, 0.4) is 0 Å². The zero-order valence-corrected chi connectivity index (χ0v) is 12.7. The molecule has 3 nitrogen and oxygen atoms in total. The molecule has 0 radical (unpaired) electrons. The van der Waals surface area contributed by atoms with Gasteiger partial charge in [0, 0.05) is 12.5 Å². The molecular formula is C17H25NO2. The van der Waals surface area contributed by atoms with E-state index in [-0.39, 0.29) is 5.91 Å². The minimum Gasteiger partial charge on any atom is -0.496 e. The van der Waals surface area contributed by atoms with Gasteiger partial charge < -0.3 is 10.1 Å². The average molecular weight is 275 g/mol. The quantitative estimate of drug-likeness (QED) is 0.895. The largest absolute Gasteiger partial charge is 0.496 e. The number of aryl methyl sites for hydroxylation is 1. The minimum atomic E-state index is 0.151. The third-order valence-electron chi connectivity index (χ3n) is 4.15. The van der Waals surface area contributed by atoms with E-state index in [0.717, 1.165) is 30.6 Å². The van der Waals surface area contributed by atoms with Crippen LogP contribution in [0.4, 0.5) is 0 Å². The molecule has 1 aliphatic carbocycles. The number of nitrogens with one attached hydrogen (secondary N) is 1. The molecule has 0 saturated heterocycles. The van der Waals surface area contributed by atoms with Gasteiger partial charge in [-0.25, -0.2) is 0 Å². The van der Waals surface area contributed by atoms with Crippen molar-refractivity contribution in [2.75, 3.05) is 7.11 Å². The maximum absolute atomic E-state index is 12.0. The van der Waals surface area contributed by atoms with E-state index < -0.39 is 0 Å². The van der Waals surface area contributed by atoms with Crippen molar-refractivity contribution in [1.29, 1.82) is 0 Å². The lowest BCUT2D eigenvalue weighted by atomic mass is 9.92. The number of carbonyl (C=O) groups is 1. The van der Waals surface area contributed by atoms with Crippen LogP contribution in [0.2, 0.25) is 0 Å². The molecule has 0 heterocycles. The zero-order chi connectivity index (χ0) is 14.6. The smallest absolute Gasteiger partial charge is 0.220 e. The predicted octanol–water partition coefficient (Wildman–Crippen LogP) is 3.32. The van der Waals surface area contributed by atoms with E-state index in [0.29, 0.717) is 17.9 Å². The second-order valence-corrected chi connectivity index (χ2v) is 6.48. The normalized spacial score (nSPS) is 20.6. The van der Waals surface area contributed by atoms with Gasteiger partial charge in [0.15, 0.2) is 0 Å². The molecule has 20 heavy (non-hydrogen) atoms. The number of ether oxygens (including phenoxy) is 1. The lowest BCUT2D eigenvalue weighted by Crippen LogP contribution is -2.33. The van der Waals surface area contributed by atoms with Crippen molar-refractivity contribution in [2.45, 2.75) is 52.0 Å². The molecule has 0 spiro atoms. The summed E-state index contributed by atoms with van der Waals surface area (Å²) >= 11 is 0. The Morgan fingerprint density at radius 1 is 1.40 bits per heavy atom. The number of benzene rings is 1. The van der Waals surface area contributed by atoms with Crippen LogP contribution in [0.1, 0.15) is 45.1 Å². The number of amides is 1. The molecule has 1 saturated carbocycles. The van der Waals surface area contributed by atoms with E-state index >= 15 is 0 Å². The van der Waals surface area contributed by atoms with Gasteiger partial charge in [0.1, 0.15) is 5.75 Å².